The maximum atomic E-state index is 12.7. The quantitative estimate of drug-likeness (QED) is 0.376. The summed E-state index contributed by atoms with van der Waals surface area (Å²) < 4.78 is 6.13. The topological polar surface area (TPSA) is 81.4 Å². The molecule has 0 radical (unpaired) electrons. The van der Waals surface area contributed by atoms with Gasteiger partial charge in [0.1, 0.15) is 0 Å². The summed E-state index contributed by atoms with van der Waals surface area (Å²) in [5.74, 6) is 0.0937. The van der Waals surface area contributed by atoms with Gasteiger partial charge in [0.15, 0.2) is 5.16 Å². The van der Waals surface area contributed by atoms with Crippen LogP contribution in [-0.4, -0.2) is 39.6 Å². The van der Waals surface area contributed by atoms with Crippen LogP contribution in [0.5, 0.6) is 0 Å². The SMILES string of the molecule is C=CCSc1nc2cc(C(=O)OC)ccc2c(=O)n1C[C@@H](C)O. The highest BCUT2D eigenvalue weighted by Crippen LogP contribution is 2.19. The number of thioether (sulfide) groups is 1. The molecule has 0 amide bonds. The summed E-state index contributed by atoms with van der Waals surface area (Å²) in [5, 5.41) is 10.5. The van der Waals surface area contributed by atoms with E-state index in [-0.39, 0.29) is 12.1 Å². The summed E-state index contributed by atoms with van der Waals surface area (Å²) in [4.78, 5) is 28.7. The molecular formula is C16H18N2O4S. The van der Waals surface area contributed by atoms with E-state index in [1.807, 2.05) is 0 Å². The number of methoxy groups -OCH3 is 1. The minimum absolute atomic E-state index is 0.153. The number of benzene rings is 1. The first-order chi connectivity index (χ1) is 11.0. The molecule has 0 spiro atoms. The number of hydrogen-bond acceptors (Lipinski definition) is 6. The Morgan fingerprint density at radius 3 is 2.91 bits per heavy atom. The highest BCUT2D eigenvalue weighted by atomic mass is 32.2. The molecule has 0 unspecified atom stereocenters. The number of hydrogen-bond donors (Lipinski definition) is 1. The van der Waals surface area contributed by atoms with Crippen LogP contribution in [0.15, 0.2) is 40.8 Å². The minimum atomic E-state index is -0.677. The fourth-order valence-corrected chi connectivity index (χ4v) is 2.86. The van der Waals surface area contributed by atoms with Crippen LogP contribution in [0.25, 0.3) is 10.9 Å². The molecule has 7 heteroatoms. The Morgan fingerprint density at radius 2 is 2.30 bits per heavy atom. The van der Waals surface area contributed by atoms with Gasteiger partial charge in [-0.1, -0.05) is 17.8 Å². The number of aliphatic hydroxyl groups is 1. The van der Waals surface area contributed by atoms with Gasteiger partial charge in [0.25, 0.3) is 5.56 Å². The van der Waals surface area contributed by atoms with Crippen molar-refractivity contribution in [2.75, 3.05) is 12.9 Å². The van der Waals surface area contributed by atoms with E-state index in [9.17, 15) is 14.7 Å². The molecule has 0 bridgehead atoms. The first kappa shape index (κ1) is 17.2. The van der Waals surface area contributed by atoms with Gasteiger partial charge < -0.3 is 9.84 Å². The number of nitrogens with zero attached hydrogens (tertiary/aromatic N) is 2. The molecule has 0 aliphatic carbocycles. The van der Waals surface area contributed by atoms with Crippen LogP contribution in [0.4, 0.5) is 0 Å². The highest BCUT2D eigenvalue weighted by Gasteiger charge is 2.15. The fourth-order valence-electron chi connectivity index (χ4n) is 2.11. The largest absolute Gasteiger partial charge is 0.465 e. The van der Waals surface area contributed by atoms with Gasteiger partial charge in [-0.2, -0.15) is 0 Å². The second-order valence-corrected chi connectivity index (χ2v) is 5.97. The smallest absolute Gasteiger partial charge is 0.337 e. The zero-order valence-electron chi connectivity index (χ0n) is 13.0. The number of carbonyl (C=O) groups is 1. The van der Waals surface area contributed by atoms with E-state index < -0.39 is 12.1 Å². The van der Waals surface area contributed by atoms with Gasteiger partial charge in [0.05, 0.1) is 36.2 Å². The van der Waals surface area contributed by atoms with Crippen LogP contribution in [0.3, 0.4) is 0 Å². The first-order valence-electron chi connectivity index (χ1n) is 7.02. The molecular weight excluding hydrogens is 316 g/mol. The lowest BCUT2D eigenvalue weighted by Gasteiger charge is -2.14. The van der Waals surface area contributed by atoms with Gasteiger partial charge in [-0.3, -0.25) is 9.36 Å². The number of aromatic nitrogens is 2. The molecule has 2 aromatic rings. The normalized spacial score (nSPS) is 12.1. The van der Waals surface area contributed by atoms with Crippen molar-refractivity contribution in [2.45, 2.75) is 24.7 Å². The van der Waals surface area contributed by atoms with Gasteiger partial charge in [-0.25, -0.2) is 9.78 Å². The van der Waals surface area contributed by atoms with Crippen molar-refractivity contribution >= 4 is 28.6 Å². The fraction of sp³-hybridized carbons (Fsp3) is 0.312. The van der Waals surface area contributed by atoms with E-state index in [1.54, 1.807) is 19.1 Å². The van der Waals surface area contributed by atoms with E-state index in [1.165, 1.54) is 35.6 Å². The Balaban J connectivity index is 2.64. The standard InChI is InChI=1S/C16H18N2O4S/c1-4-7-23-16-17-13-8-11(15(21)22-3)5-6-12(13)14(20)18(16)9-10(2)19/h4-6,8,10,19H,1,7,9H2,2-3H3/t10-/m1/s1. The summed E-state index contributed by atoms with van der Waals surface area (Å²) in [6.07, 6.45) is 1.03. The molecule has 23 heavy (non-hydrogen) atoms. The monoisotopic (exact) mass is 334 g/mol. The number of ether oxygens (including phenoxy) is 1. The van der Waals surface area contributed by atoms with Gasteiger partial charge in [0.2, 0.25) is 0 Å². The molecule has 1 aromatic heterocycles. The van der Waals surface area contributed by atoms with Crippen LogP contribution in [-0.2, 0) is 11.3 Å². The van der Waals surface area contributed by atoms with E-state index in [2.05, 4.69) is 16.3 Å². The number of rotatable bonds is 6. The molecule has 1 N–H and O–H groups in total. The van der Waals surface area contributed by atoms with Crippen molar-refractivity contribution in [2.24, 2.45) is 0 Å². The molecule has 0 saturated heterocycles. The van der Waals surface area contributed by atoms with Gasteiger partial charge in [0, 0.05) is 5.75 Å². The second kappa shape index (κ2) is 7.43. The Kier molecular flexibility index (Phi) is 5.57. The number of aliphatic hydroxyl groups excluding tert-OH is 1. The van der Waals surface area contributed by atoms with Gasteiger partial charge in [-0.05, 0) is 25.1 Å². The molecule has 0 aliphatic rings. The minimum Gasteiger partial charge on any atom is -0.465 e. The lowest BCUT2D eigenvalue weighted by atomic mass is 10.1. The maximum Gasteiger partial charge on any atom is 0.337 e. The van der Waals surface area contributed by atoms with Crippen molar-refractivity contribution in [3.8, 4) is 0 Å². The first-order valence-corrected chi connectivity index (χ1v) is 8.01. The van der Waals surface area contributed by atoms with E-state index in [4.69, 9.17) is 0 Å². The van der Waals surface area contributed by atoms with Crippen LogP contribution < -0.4 is 5.56 Å². The van der Waals surface area contributed by atoms with Crippen molar-refractivity contribution in [1.82, 2.24) is 9.55 Å². The van der Waals surface area contributed by atoms with Crippen LogP contribution in [0.1, 0.15) is 17.3 Å². The van der Waals surface area contributed by atoms with Crippen molar-refractivity contribution in [3.63, 3.8) is 0 Å². The van der Waals surface area contributed by atoms with Gasteiger partial charge >= 0.3 is 5.97 Å². The molecule has 6 nitrogen and oxygen atoms in total. The van der Waals surface area contributed by atoms with E-state index in [0.29, 0.717) is 27.4 Å². The molecule has 1 atom stereocenters. The average Bonchev–Trinajstić information content (AvgIpc) is 2.54. The predicted molar refractivity (Wildman–Crippen MR) is 89.9 cm³/mol. The average molecular weight is 334 g/mol. The van der Waals surface area contributed by atoms with Crippen LogP contribution in [0, 0.1) is 0 Å². The lowest BCUT2D eigenvalue weighted by molar-refractivity contribution is 0.0601. The summed E-state index contributed by atoms with van der Waals surface area (Å²) in [6.45, 7) is 5.42. The molecule has 122 valence electrons. The van der Waals surface area contributed by atoms with Gasteiger partial charge in [-0.15, -0.1) is 6.58 Å². The van der Waals surface area contributed by atoms with Crippen molar-refractivity contribution in [3.05, 3.63) is 46.8 Å². The zero-order valence-corrected chi connectivity index (χ0v) is 13.8. The van der Waals surface area contributed by atoms with Crippen LogP contribution in [0.2, 0.25) is 0 Å². The predicted octanol–water partition coefficient (Wildman–Crippen LogP) is 1.84. The molecule has 1 aromatic carbocycles. The number of esters is 1. The lowest BCUT2D eigenvalue weighted by Crippen LogP contribution is -2.28. The highest BCUT2D eigenvalue weighted by molar-refractivity contribution is 7.99. The second-order valence-electron chi connectivity index (χ2n) is 4.98. The van der Waals surface area contributed by atoms with E-state index >= 15 is 0 Å². The third-order valence-corrected chi connectivity index (χ3v) is 4.09. The van der Waals surface area contributed by atoms with Crippen molar-refractivity contribution < 1.29 is 14.6 Å². The molecule has 1 heterocycles. The maximum absolute atomic E-state index is 12.7. The zero-order chi connectivity index (χ0) is 17.0. The summed E-state index contributed by atoms with van der Waals surface area (Å²) in [6, 6.07) is 4.62. The molecule has 2 rings (SSSR count). The molecule has 0 fully saturated rings. The van der Waals surface area contributed by atoms with E-state index in [0.717, 1.165) is 0 Å². The Hall–Kier alpha value is -2.12. The van der Waals surface area contributed by atoms with Crippen LogP contribution >= 0.6 is 11.8 Å². The summed E-state index contributed by atoms with van der Waals surface area (Å²) >= 11 is 1.34. The third-order valence-electron chi connectivity index (χ3n) is 3.12. The third kappa shape index (κ3) is 3.80. The number of fused-ring (bicyclic) bond motifs is 1. The molecule has 0 aliphatic heterocycles. The Morgan fingerprint density at radius 1 is 1.57 bits per heavy atom. The number of carbonyl (C=O) groups excluding carboxylic acids is 1. The Bertz CT molecular complexity index is 799. The van der Waals surface area contributed by atoms with Crippen molar-refractivity contribution in [1.29, 1.82) is 0 Å². The summed E-state index contributed by atoms with van der Waals surface area (Å²) in [7, 11) is 1.30. The Labute approximate surface area is 137 Å². The molecule has 0 saturated carbocycles. The summed E-state index contributed by atoms with van der Waals surface area (Å²) in [5.41, 5.74) is 0.505.